The van der Waals surface area contributed by atoms with Gasteiger partial charge in [-0.25, -0.2) is 12.8 Å². The van der Waals surface area contributed by atoms with Crippen LogP contribution >= 0.6 is 0 Å². The number of nitrogens with zero attached hydrogens (tertiary/aromatic N) is 1. The number of rotatable bonds is 6. The summed E-state index contributed by atoms with van der Waals surface area (Å²) in [6, 6.07) is 10.3. The Hall–Kier alpha value is -2.81. The molecular weight excluding hydrogens is 411 g/mol. The van der Waals surface area contributed by atoms with Gasteiger partial charge in [0.1, 0.15) is 29.5 Å². The number of nitrogens with one attached hydrogen (secondary N) is 1. The summed E-state index contributed by atoms with van der Waals surface area (Å²) >= 11 is 0. The number of sulfonamides is 1. The standard InChI is InChI=1S/C21H25FN2O5S/c1-21(2)12-17(15-11-14(28-3)9-10-19(15)29-21)23-20(25)13-24(30(4,26)27)18-8-6-5-7-16(18)22/h5-11,17H,12-13H2,1-4H3,(H,23,25)/t17-/m1/s1. The van der Waals surface area contributed by atoms with Gasteiger partial charge >= 0.3 is 0 Å². The SMILES string of the molecule is COc1ccc2c(c1)[C@H](NC(=O)CN(c1ccccc1F)S(C)(=O)=O)CC(C)(C)O2. The first-order valence-electron chi connectivity index (χ1n) is 9.39. The van der Waals surface area contributed by atoms with Gasteiger partial charge in [-0.2, -0.15) is 0 Å². The zero-order valence-electron chi connectivity index (χ0n) is 17.3. The lowest BCUT2D eigenvalue weighted by molar-refractivity contribution is -0.120. The molecule has 0 aliphatic carbocycles. The van der Waals surface area contributed by atoms with Crippen LogP contribution in [0.3, 0.4) is 0 Å². The maximum Gasteiger partial charge on any atom is 0.241 e. The average Bonchev–Trinajstić information content (AvgIpc) is 2.65. The quantitative estimate of drug-likeness (QED) is 0.753. The number of para-hydroxylation sites is 1. The number of ether oxygens (including phenoxy) is 2. The third-order valence-corrected chi connectivity index (χ3v) is 5.94. The van der Waals surface area contributed by atoms with Crippen molar-refractivity contribution in [2.24, 2.45) is 0 Å². The average molecular weight is 437 g/mol. The van der Waals surface area contributed by atoms with E-state index in [-0.39, 0.29) is 5.69 Å². The van der Waals surface area contributed by atoms with E-state index in [0.717, 1.165) is 22.2 Å². The lowest BCUT2D eigenvalue weighted by Crippen LogP contribution is -2.45. The number of amides is 1. The second kappa shape index (κ2) is 8.14. The minimum atomic E-state index is -3.88. The van der Waals surface area contributed by atoms with E-state index in [2.05, 4.69) is 5.32 Å². The number of carbonyl (C=O) groups excluding carboxylic acids is 1. The highest BCUT2D eigenvalue weighted by Crippen LogP contribution is 2.41. The Morgan fingerprint density at radius 3 is 2.63 bits per heavy atom. The predicted octanol–water partition coefficient (Wildman–Crippen LogP) is 3.02. The molecule has 0 bridgehead atoms. The molecule has 1 aliphatic rings. The summed E-state index contributed by atoms with van der Waals surface area (Å²) in [5.41, 5.74) is 0.0186. The summed E-state index contributed by atoms with van der Waals surface area (Å²) in [6.45, 7) is 3.26. The lowest BCUT2D eigenvalue weighted by Gasteiger charge is -2.38. The molecule has 3 rings (SSSR count). The fourth-order valence-electron chi connectivity index (χ4n) is 3.49. The largest absolute Gasteiger partial charge is 0.497 e. The molecule has 162 valence electrons. The minimum absolute atomic E-state index is 0.176. The fraction of sp³-hybridized carbons (Fsp3) is 0.381. The molecule has 0 aromatic heterocycles. The highest BCUT2D eigenvalue weighted by Gasteiger charge is 2.35. The van der Waals surface area contributed by atoms with Crippen molar-refractivity contribution in [3.05, 3.63) is 53.8 Å². The lowest BCUT2D eigenvalue weighted by atomic mass is 9.89. The molecule has 30 heavy (non-hydrogen) atoms. The van der Waals surface area contributed by atoms with Gasteiger partial charge in [0, 0.05) is 12.0 Å². The van der Waals surface area contributed by atoms with Crippen LogP contribution in [0.25, 0.3) is 0 Å². The molecule has 2 aromatic rings. The Balaban J connectivity index is 1.87. The van der Waals surface area contributed by atoms with Crippen LogP contribution in [0.1, 0.15) is 31.9 Å². The van der Waals surface area contributed by atoms with Crippen LogP contribution in [0.5, 0.6) is 11.5 Å². The molecule has 1 heterocycles. The monoisotopic (exact) mass is 436 g/mol. The van der Waals surface area contributed by atoms with Gasteiger partial charge < -0.3 is 14.8 Å². The van der Waals surface area contributed by atoms with Crippen molar-refractivity contribution >= 4 is 21.6 Å². The number of hydrogen-bond acceptors (Lipinski definition) is 5. The Morgan fingerprint density at radius 1 is 1.30 bits per heavy atom. The van der Waals surface area contributed by atoms with Crippen molar-refractivity contribution in [2.75, 3.05) is 24.2 Å². The van der Waals surface area contributed by atoms with Crippen molar-refractivity contribution in [3.8, 4) is 11.5 Å². The summed E-state index contributed by atoms with van der Waals surface area (Å²) in [5, 5.41) is 2.87. The van der Waals surface area contributed by atoms with Crippen LogP contribution < -0.4 is 19.1 Å². The van der Waals surface area contributed by atoms with Crippen LogP contribution in [0.2, 0.25) is 0 Å². The van der Waals surface area contributed by atoms with Crippen molar-refractivity contribution in [1.82, 2.24) is 5.32 Å². The van der Waals surface area contributed by atoms with Gasteiger partial charge in [-0.3, -0.25) is 9.10 Å². The van der Waals surface area contributed by atoms with E-state index in [1.54, 1.807) is 25.3 Å². The summed E-state index contributed by atoms with van der Waals surface area (Å²) in [7, 11) is -2.34. The highest BCUT2D eigenvalue weighted by atomic mass is 32.2. The molecular formula is C21H25FN2O5S. The molecule has 1 amide bonds. The first-order valence-corrected chi connectivity index (χ1v) is 11.2. The van der Waals surface area contributed by atoms with Crippen LogP contribution in [0.15, 0.2) is 42.5 Å². The molecule has 0 saturated heterocycles. The van der Waals surface area contributed by atoms with E-state index >= 15 is 0 Å². The van der Waals surface area contributed by atoms with Crippen LogP contribution in [0.4, 0.5) is 10.1 Å². The summed E-state index contributed by atoms with van der Waals surface area (Å²) in [5.74, 6) is -0.0509. The molecule has 7 nitrogen and oxygen atoms in total. The fourth-order valence-corrected chi connectivity index (χ4v) is 4.35. The Bertz CT molecular complexity index is 1060. The number of hydrogen-bond donors (Lipinski definition) is 1. The number of carbonyl (C=O) groups is 1. The Labute approximate surface area is 175 Å². The number of methoxy groups -OCH3 is 1. The summed E-state index contributed by atoms with van der Waals surface area (Å²) in [4.78, 5) is 12.8. The van der Waals surface area contributed by atoms with Gasteiger partial charge in [0.15, 0.2) is 0 Å². The van der Waals surface area contributed by atoms with E-state index in [9.17, 15) is 17.6 Å². The van der Waals surface area contributed by atoms with E-state index in [0.29, 0.717) is 17.9 Å². The van der Waals surface area contributed by atoms with Crippen molar-refractivity contribution < 1.29 is 27.1 Å². The zero-order valence-corrected chi connectivity index (χ0v) is 18.1. The van der Waals surface area contributed by atoms with Gasteiger partial charge in [-0.15, -0.1) is 0 Å². The van der Waals surface area contributed by atoms with E-state index in [1.807, 2.05) is 13.8 Å². The normalized spacial score (nSPS) is 17.4. The molecule has 1 atom stereocenters. The smallest absolute Gasteiger partial charge is 0.241 e. The number of fused-ring (bicyclic) bond motifs is 1. The van der Waals surface area contributed by atoms with Crippen molar-refractivity contribution in [1.29, 1.82) is 0 Å². The molecule has 1 aliphatic heterocycles. The van der Waals surface area contributed by atoms with Gasteiger partial charge in [0.05, 0.1) is 25.1 Å². The van der Waals surface area contributed by atoms with E-state index in [4.69, 9.17) is 9.47 Å². The van der Waals surface area contributed by atoms with Gasteiger partial charge in [-0.1, -0.05) is 12.1 Å². The van der Waals surface area contributed by atoms with E-state index < -0.39 is 39.9 Å². The Kier molecular flexibility index (Phi) is 5.94. The molecule has 0 fully saturated rings. The van der Waals surface area contributed by atoms with E-state index in [1.165, 1.54) is 18.2 Å². The predicted molar refractivity (Wildman–Crippen MR) is 112 cm³/mol. The number of anilines is 1. The second-order valence-electron chi connectivity index (χ2n) is 7.81. The second-order valence-corrected chi connectivity index (χ2v) is 9.72. The van der Waals surface area contributed by atoms with Crippen LogP contribution in [-0.4, -0.2) is 39.8 Å². The van der Waals surface area contributed by atoms with Crippen LogP contribution in [-0.2, 0) is 14.8 Å². The third kappa shape index (κ3) is 4.84. The maximum atomic E-state index is 14.2. The summed E-state index contributed by atoms with van der Waals surface area (Å²) in [6.07, 6.45) is 1.40. The minimum Gasteiger partial charge on any atom is -0.497 e. The topological polar surface area (TPSA) is 84.9 Å². The van der Waals surface area contributed by atoms with Gasteiger partial charge in [-0.05, 0) is 44.2 Å². The first kappa shape index (κ1) is 21.9. The molecule has 9 heteroatoms. The highest BCUT2D eigenvalue weighted by molar-refractivity contribution is 7.92. The van der Waals surface area contributed by atoms with Gasteiger partial charge in [0.2, 0.25) is 15.9 Å². The number of halogens is 1. The molecule has 0 spiro atoms. The molecule has 0 unspecified atom stereocenters. The van der Waals surface area contributed by atoms with Crippen molar-refractivity contribution in [2.45, 2.75) is 31.9 Å². The zero-order chi connectivity index (χ0) is 22.1. The molecule has 1 N–H and O–H groups in total. The molecule has 2 aromatic carbocycles. The van der Waals surface area contributed by atoms with Crippen LogP contribution in [0, 0.1) is 5.82 Å². The number of benzene rings is 2. The Morgan fingerprint density at radius 2 is 2.00 bits per heavy atom. The first-order chi connectivity index (χ1) is 14.0. The third-order valence-electron chi connectivity index (χ3n) is 4.82. The van der Waals surface area contributed by atoms with Crippen molar-refractivity contribution in [3.63, 3.8) is 0 Å². The molecule has 0 radical (unpaired) electrons. The summed E-state index contributed by atoms with van der Waals surface area (Å²) < 4.78 is 50.7. The van der Waals surface area contributed by atoms with Gasteiger partial charge in [0.25, 0.3) is 0 Å². The maximum absolute atomic E-state index is 14.2. The molecule has 0 saturated carbocycles.